The SMILES string of the molecule is Cc1ccc(C(=O)c2cccc(C(O)(O)F)c2C(O)(O)F)c(C(=O)O)c1. The summed E-state index contributed by atoms with van der Waals surface area (Å²) in [6.07, 6.45) is 0. The average Bonchev–Trinajstić information content (AvgIpc) is 2.51. The lowest BCUT2D eigenvalue weighted by Gasteiger charge is -2.23. The molecular formula is C17H14F2O7. The van der Waals surface area contributed by atoms with Gasteiger partial charge in [-0.05, 0) is 19.1 Å². The third-order valence-electron chi connectivity index (χ3n) is 3.62. The number of alkyl halides is 2. The van der Waals surface area contributed by atoms with E-state index in [0.717, 1.165) is 24.3 Å². The number of hydrogen-bond donors (Lipinski definition) is 5. The minimum absolute atomic E-state index is 0.439. The van der Waals surface area contributed by atoms with Crippen LogP contribution in [0.1, 0.15) is 43.0 Å². The Balaban J connectivity index is 2.78. The van der Waals surface area contributed by atoms with Crippen LogP contribution in [0.4, 0.5) is 8.78 Å². The third kappa shape index (κ3) is 3.75. The minimum atomic E-state index is -4.31. The second kappa shape index (κ2) is 6.54. The van der Waals surface area contributed by atoms with Crippen molar-refractivity contribution in [3.05, 3.63) is 69.8 Å². The number of carbonyl (C=O) groups is 2. The van der Waals surface area contributed by atoms with Crippen molar-refractivity contribution in [2.24, 2.45) is 0 Å². The lowest BCUT2D eigenvalue weighted by molar-refractivity contribution is -0.290. The van der Waals surface area contributed by atoms with Gasteiger partial charge < -0.3 is 25.5 Å². The summed E-state index contributed by atoms with van der Waals surface area (Å²) in [6, 6.07) is -2.40. The Morgan fingerprint density at radius 3 is 2.00 bits per heavy atom. The standard InChI is InChI=1S/C17H14F2O7/c1-8-5-6-9(11(7-8)15(21)22)14(20)10-3-2-4-12(16(18,23)24)13(10)17(19,25)26/h2-7,23-26H,1H3,(H,21,22). The molecule has 0 amide bonds. The fourth-order valence-corrected chi connectivity index (χ4v) is 2.53. The largest absolute Gasteiger partial charge is 0.478 e. The van der Waals surface area contributed by atoms with Crippen LogP contribution in [0.5, 0.6) is 0 Å². The van der Waals surface area contributed by atoms with Gasteiger partial charge in [-0.3, -0.25) is 4.79 Å². The molecule has 5 N–H and O–H groups in total. The van der Waals surface area contributed by atoms with Crippen LogP contribution in [0.2, 0.25) is 0 Å². The number of ketones is 1. The molecule has 26 heavy (non-hydrogen) atoms. The summed E-state index contributed by atoms with van der Waals surface area (Å²) in [5.74, 6) is -2.66. The van der Waals surface area contributed by atoms with Crippen molar-refractivity contribution in [3.63, 3.8) is 0 Å². The molecule has 0 aromatic heterocycles. The van der Waals surface area contributed by atoms with Gasteiger partial charge in [-0.15, -0.1) is 0 Å². The van der Waals surface area contributed by atoms with Gasteiger partial charge in [0.1, 0.15) is 0 Å². The lowest BCUT2D eigenvalue weighted by Crippen LogP contribution is -2.30. The Bertz CT molecular complexity index is 880. The van der Waals surface area contributed by atoms with Gasteiger partial charge >= 0.3 is 18.1 Å². The van der Waals surface area contributed by atoms with Crippen molar-refractivity contribution >= 4 is 11.8 Å². The Morgan fingerprint density at radius 1 is 0.885 bits per heavy atom. The fraction of sp³-hybridized carbons (Fsp3) is 0.176. The number of aryl methyl sites for hydroxylation is 1. The normalized spacial score (nSPS) is 12.1. The highest BCUT2D eigenvalue weighted by Gasteiger charge is 2.41. The minimum Gasteiger partial charge on any atom is -0.478 e. The van der Waals surface area contributed by atoms with Crippen LogP contribution in [-0.2, 0) is 12.1 Å². The van der Waals surface area contributed by atoms with Crippen molar-refractivity contribution < 1.29 is 43.9 Å². The van der Waals surface area contributed by atoms with Crippen LogP contribution < -0.4 is 0 Å². The van der Waals surface area contributed by atoms with E-state index in [-0.39, 0.29) is 0 Å². The first-order valence-electron chi connectivity index (χ1n) is 7.14. The maximum atomic E-state index is 13.8. The van der Waals surface area contributed by atoms with Gasteiger partial charge in [-0.25, -0.2) is 4.79 Å². The number of benzene rings is 2. The van der Waals surface area contributed by atoms with Gasteiger partial charge in [-0.1, -0.05) is 29.8 Å². The summed E-state index contributed by atoms with van der Waals surface area (Å²) >= 11 is 0. The van der Waals surface area contributed by atoms with E-state index >= 15 is 0 Å². The van der Waals surface area contributed by atoms with E-state index in [2.05, 4.69) is 0 Å². The molecule has 2 aromatic carbocycles. The number of carbonyl (C=O) groups excluding carboxylic acids is 1. The van der Waals surface area contributed by atoms with Crippen molar-refractivity contribution in [2.75, 3.05) is 0 Å². The van der Waals surface area contributed by atoms with Crippen molar-refractivity contribution in [1.82, 2.24) is 0 Å². The van der Waals surface area contributed by atoms with E-state index < -0.39 is 51.7 Å². The van der Waals surface area contributed by atoms with Gasteiger partial charge in [0.2, 0.25) is 0 Å². The van der Waals surface area contributed by atoms with Crippen molar-refractivity contribution in [3.8, 4) is 0 Å². The van der Waals surface area contributed by atoms with Crippen LogP contribution in [0.15, 0.2) is 36.4 Å². The highest BCUT2D eigenvalue weighted by atomic mass is 19.2. The first kappa shape index (κ1) is 19.6. The van der Waals surface area contributed by atoms with E-state index in [1.54, 1.807) is 6.92 Å². The number of halogens is 2. The first-order valence-corrected chi connectivity index (χ1v) is 7.14. The van der Waals surface area contributed by atoms with Gasteiger partial charge in [-0.2, -0.15) is 8.78 Å². The van der Waals surface area contributed by atoms with E-state index in [1.807, 2.05) is 0 Å². The molecule has 0 saturated carbocycles. The Morgan fingerprint density at radius 2 is 1.50 bits per heavy atom. The quantitative estimate of drug-likeness (QED) is 0.393. The number of hydrogen-bond acceptors (Lipinski definition) is 6. The summed E-state index contributed by atoms with van der Waals surface area (Å²) in [4.78, 5) is 24.0. The molecule has 0 spiro atoms. The zero-order valence-corrected chi connectivity index (χ0v) is 13.3. The fourth-order valence-electron chi connectivity index (χ4n) is 2.53. The molecule has 2 aromatic rings. The molecule has 2 rings (SSSR count). The number of aliphatic hydroxyl groups is 4. The molecule has 0 heterocycles. The Hall–Kier alpha value is -2.72. The highest BCUT2D eigenvalue weighted by Crippen LogP contribution is 2.35. The molecule has 0 atom stereocenters. The Labute approximate surface area is 145 Å². The van der Waals surface area contributed by atoms with E-state index in [9.17, 15) is 33.7 Å². The number of aromatic carboxylic acids is 1. The molecule has 0 aliphatic rings. The predicted molar refractivity (Wildman–Crippen MR) is 82.5 cm³/mol. The van der Waals surface area contributed by atoms with E-state index in [0.29, 0.717) is 11.6 Å². The number of carboxylic acids is 1. The molecule has 138 valence electrons. The Kier molecular flexibility index (Phi) is 4.93. The third-order valence-corrected chi connectivity index (χ3v) is 3.62. The molecule has 0 radical (unpaired) electrons. The molecule has 0 bridgehead atoms. The van der Waals surface area contributed by atoms with Gasteiger partial charge in [0.05, 0.1) is 16.7 Å². The molecule has 0 aliphatic heterocycles. The van der Waals surface area contributed by atoms with Crippen LogP contribution in [0.3, 0.4) is 0 Å². The summed E-state index contributed by atoms with van der Waals surface area (Å²) in [5.41, 5.74) is -4.01. The van der Waals surface area contributed by atoms with Crippen LogP contribution >= 0.6 is 0 Å². The van der Waals surface area contributed by atoms with Crippen molar-refractivity contribution in [1.29, 1.82) is 0 Å². The molecule has 0 unspecified atom stereocenters. The summed E-state index contributed by atoms with van der Waals surface area (Å²) in [6.45, 7) is 1.57. The summed E-state index contributed by atoms with van der Waals surface area (Å²) < 4.78 is 27.4. The van der Waals surface area contributed by atoms with Crippen LogP contribution in [0, 0.1) is 6.92 Å². The second-order valence-electron chi connectivity index (χ2n) is 5.59. The smallest absolute Gasteiger partial charge is 0.345 e. The zero-order chi connectivity index (χ0) is 19.9. The second-order valence-corrected chi connectivity index (χ2v) is 5.59. The van der Waals surface area contributed by atoms with Gasteiger partial charge in [0.15, 0.2) is 5.78 Å². The molecule has 0 fully saturated rings. The van der Waals surface area contributed by atoms with Gasteiger partial charge in [0.25, 0.3) is 0 Å². The maximum absolute atomic E-state index is 13.8. The van der Waals surface area contributed by atoms with Crippen LogP contribution in [-0.4, -0.2) is 37.3 Å². The topological polar surface area (TPSA) is 135 Å². The summed E-state index contributed by atoms with van der Waals surface area (Å²) in [7, 11) is 0. The first-order chi connectivity index (χ1) is 11.8. The van der Waals surface area contributed by atoms with E-state index in [4.69, 9.17) is 10.2 Å². The van der Waals surface area contributed by atoms with E-state index in [1.165, 1.54) is 6.07 Å². The average molecular weight is 368 g/mol. The monoisotopic (exact) mass is 368 g/mol. The lowest BCUT2D eigenvalue weighted by atomic mass is 9.90. The number of rotatable bonds is 5. The zero-order valence-electron chi connectivity index (χ0n) is 13.3. The number of carboxylic acid groups (broad SMARTS) is 1. The van der Waals surface area contributed by atoms with Crippen LogP contribution in [0.25, 0.3) is 0 Å². The molecule has 9 heteroatoms. The van der Waals surface area contributed by atoms with Crippen molar-refractivity contribution in [2.45, 2.75) is 19.0 Å². The molecule has 7 nitrogen and oxygen atoms in total. The summed E-state index contributed by atoms with van der Waals surface area (Å²) in [5, 5.41) is 45.9. The highest BCUT2D eigenvalue weighted by molar-refractivity contribution is 6.15. The molecular weight excluding hydrogens is 354 g/mol. The maximum Gasteiger partial charge on any atom is 0.345 e. The van der Waals surface area contributed by atoms with Gasteiger partial charge in [0, 0.05) is 11.1 Å². The molecule has 0 aliphatic carbocycles. The molecule has 0 saturated heterocycles. The predicted octanol–water partition coefficient (Wildman–Crippen LogP) is 1.05.